The molecule has 23 heteroatoms. The molecule has 21 nitrogen and oxygen atoms in total. The number of methoxy groups -OCH3 is 1. The number of benzene rings is 1. The van der Waals surface area contributed by atoms with Crippen LogP contribution in [0.25, 0.3) is 21.8 Å². The summed E-state index contributed by atoms with van der Waals surface area (Å²) in [7, 11) is 1.42. The molecular weight excluding hydrogens is 1050 g/mol. The molecule has 9 heterocycles. The van der Waals surface area contributed by atoms with Crippen molar-refractivity contribution in [2.24, 2.45) is 5.92 Å². The molecule has 1 aromatic carbocycles. The van der Waals surface area contributed by atoms with Crippen molar-refractivity contribution >= 4 is 40.3 Å². The van der Waals surface area contributed by atoms with E-state index in [1.807, 2.05) is 38.2 Å². The number of aliphatic hydroxyl groups is 1. The Bertz CT molecular complexity index is 3160. The Kier molecular flexibility index (Phi) is 16.1. The molecule has 11 rings (SSSR count). The van der Waals surface area contributed by atoms with Gasteiger partial charge in [-0.1, -0.05) is 26.0 Å². The number of thiazole rings is 1. The van der Waals surface area contributed by atoms with E-state index in [0.717, 1.165) is 76.1 Å². The van der Waals surface area contributed by atoms with Gasteiger partial charge in [-0.05, 0) is 80.9 Å². The Labute approximate surface area is 467 Å². The number of fused-ring (bicyclic) bond motifs is 2. The van der Waals surface area contributed by atoms with Crippen LogP contribution in [0.3, 0.4) is 0 Å². The van der Waals surface area contributed by atoms with Crippen LogP contribution in [0.4, 0.5) is 21.6 Å². The fraction of sp³-hybridized carbons (Fsp3) is 0.509. The number of nitrogens with one attached hydrogen (secondary N) is 1. The molecule has 0 radical (unpaired) electrons. The van der Waals surface area contributed by atoms with Crippen LogP contribution in [-0.4, -0.2) is 158 Å². The van der Waals surface area contributed by atoms with Crippen LogP contribution in [0.15, 0.2) is 70.8 Å². The lowest BCUT2D eigenvalue weighted by Gasteiger charge is -2.43. The van der Waals surface area contributed by atoms with E-state index in [1.165, 1.54) is 29.4 Å². The molecule has 0 spiro atoms. The quantitative estimate of drug-likeness (QED) is 0.0659. The van der Waals surface area contributed by atoms with Gasteiger partial charge in [-0.15, -0.1) is 21.5 Å². The number of aromatic hydroxyl groups is 1. The Balaban J connectivity index is 0.609. The van der Waals surface area contributed by atoms with Gasteiger partial charge in [0.15, 0.2) is 17.4 Å². The monoisotopic (exact) mass is 1120 g/mol. The number of ether oxygens (including phenoxy) is 4. The first-order valence-corrected chi connectivity index (χ1v) is 28.5. The molecule has 5 aliphatic rings. The molecule has 2 bridgehead atoms. The molecule has 2 amide bonds. The lowest BCUT2D eigenvalue weighted by atomic mass is 9.91. The van der Waals surface area contributed by atoms with Crippen molar-refractivity contribution in [2.45, 2.75) is 127 Å². The van der Waals surface area contributed by atoms with Crippen molar-refractivity contribution in [3.63, 3.8) is 0 Å². The Hall–Kier alpha value is -7.21. The molecule has 5 aromatic heterocycles. The first kappa shape index (κ1) is 54.7. The molecule has 6 aromatic rings. The third-order valence-corrected chi connectivity index (χ3v) is 17.2. The number of para-hydroxylation sites is 1. The number of nitrogens with zero attached hydrogens (tertiary/aromatic N) is 10. The van der Waals surface area contributed by atoms with E-state index in [-0.39, 0.29) is 78.4 Å². The highest BCUT2D eigenvalue weighted by Crippen LogP contribution is 2.41. The van der Waals surface area contributed by atoms with Crippen molar-refractivity contribution in [1.82, 2.24) is 45.4 Å². The summed E-state index contributed by atoms with van der Waals surface area (Å²) >= 11 is 1.27. The van der Waals surface area contributed by atoms with E-state index in [9.17, 15) is 19.8 Å². The molecule has 1 saturated carbocycles. The van der Waals surface area contributed by atoms with Crippen molar-refractivity contribution in [3.8, 4) is 45.2 Å². The van der Waals surface area contributed by atoms with Crippen molar-refractivity contribution in [3.05, 3.63) is 89.1 Å². The summed E-state index contributed by atoms with van der Waals surface area (Å²) in [6.45, 7) is 11.5. The van der Waals surface area contributed by atoms with Crippen LogP contribution in [0.5, 0.6) is 23.4 Å². The number of hydrogen-bond donors (Lipinski definition) is 4. The molecular formula is C57H69FN12O9S. The average Bonchev–Trinajstić information content (AvgIpc) is 4.30. The number of aryl methyl sites for hydroxylation is 1. The third-order valence-electron chi connectivity index (χ3n) is 16.3. The number of β-amino-alcohol motifs (C(OH)–C–C–N with tert-alkyl or cyclic N) is 1. The summed E-state index contributed by atoms with van der Waals surface area (Å²) in [5.74, 6) is -0.678. The second-order valence-electron chi connectivity index (χ2n) is 22.0. The van der Waals surface area contributed by atoms with Gasteiger partial charge < -0.3 is 59.4 Å². The molecule has 4 aliphatic heterocycles. The fourth-order valence-corrected chi connectivity index (χ4v) is 12.9. The Morgan fingerprint density at radius 3 is 2.44 bits per heavy atom. The van der Waals surface area contributed by atoms with Crippen LogP contribution in [0.1, 0.15) is 94.7 Å². The van der Waals surface area contributed by atoms with Gasteiger partial charge in [-0.25, -0.2) is 19.3 Å². The summed E-state index contributed by atoms with van der Waals surface area (Å²) in [5, 5.41) is 36.8. The summed E-state index contributed by atoms with van der Waals surface area (Å²) < 4.78 is 45.7. The van der Waals surface area contributed by atoms with E-state index in [1.54, 1.807) is 37.6 Å². The zero-order chi connectivity index (χ0) is 55.8. The standard InChI is InChI=1S/C57H69FN12O9S/c1-31(2)51(57(74)69-29-37(71)21-46(69)55(73)62-32(3)42-24-43(58)52(63-56(42)75-5)53-33(4)61-30-80-53)48-26-50(66-79-48)76-19-18-67-16-13-38(14-17-67)77-39-22-40(23-39)78-49-20-34(12-15-60-49)70-35-10-11-36(70)28-68(27-35)45-25-44(64-65-54(45)59)41-8-6-7-9-47(41)72/h6-9,12,15,20,24-26,30-32,35-40,46,51,71-72H,10-11,13-14,16-19,21-23,27-29H2,1-5H3,(H2,59,65)(H,62,73)/t32-,35?,36?,37-,39-,40-,46+,51+/m1/s1. The second kappa shape index (κ2) is 23.5. The number of carbonyl (C=O) groups is 2. The van der Waals surface area contributed by atoms with Crippen LogP contribution >= 0.6 is 11.3 Å². The number of piperazine rings is 1. The summed E-state index contributed by atoms with van der Waals surface area (Å²) in [4.78, 5) is 50.5. The molecule has 4 saturated heterocycles. The highest BCUT2D eigenvalue weighted by molar-refractivity contribution is 7.13. The maximum atomic E-state index is 15.5. The van der Waals surface area contributed by atoms with Crippen LogP contribution < -0.4 is 35.1 Å². The second-order valence-corrected chi connectivity index (χ2v) is 22.9. The van der Waals surface area contributed by atoms with Crippen molar-refractivity contribution in [1.29, 1.82) is 0 Å². The smallest absolute Gasteiger partial charge is 0.254 e. The largest absolute Gasteiger partial charge is 0.507 e. The minimum absolute atomic E-state index is 0.0270. The van der Waals surface area contributed by atoms with Crippen LogP contribution in [-0.2, 0) is 14.3 Å². The minimum atomic E-state index is -0.993. The number of carbonyl (C=O) groups excluding carboxylic acids is 2. The number of aliphatic hydroxyl groups excluding tert-OH is 1. The molecule has 6 atom stereocenters. The van der Waals surface area contributed by atoms with Gasteiger partial charge in [0.1, 0.15) is 36.1 Å². The highest BCUT2D eigenvalue weighted by atomic mass is 32.1. The number of amides is 2. The molecule has 5 N–H and O–H groups in total. The van der Waals surface area contributed by atoms with Gasteiger partial charge in [0.2, 0.25) is 23.6 Å². The van der Waals surface area contributed by atoms with Gasteiger partial charge in [0, 0.05) is 106 Å². The lowest BCUT2D eigenvalue weighted by molar-refractivity contribution is -0.141. The first-order valence-electron chi connectivity index (χ1n) is 27.7. The Morgan fingerprint density at radius 2 is 1.71 bits per heavy atom. The number of phenols is 1. The number of nitrogen functional groups attached to an aromatic ring is 1. The van der Waals surface area contributed by atoms with Gasteiger partial charge in [-0.3, -0.25) is 14.5 Å². The van der Waals surface area contributed by atoms with Gasteiger partial charge in [0.05, 0.1) is 58.9 Å². The first-order chi connectivity index (χ1) is 38.7. The zero-order valence-electron chi connectivity index (χ0n) is 45.6. The number of nitrogens with two attached hydrogens (primary N) is 1. The third kappa shape index (κ3) is 11.5. The van der Waals surface area contributed by atoms with Gasteiger partial charge in [0.25, 0.3) is 5.88 Å². The number of likely N-dealkylation sites (tertiary alicyclic amines) is 2. The number of aromatic nitrogens is 6. The van der Waals surface area contributed by atoms with E-state index >= 15 is 4.39 Å². The zero-order valence-corrected chi connectivity index (χ0v) is 46.4. The normalized spacial score (nSPS) is 23.0. The molecule has 2 unspecified atom stereocenters. The number of halogens is 1. The number of hydrogen-bond acceptors (Lipinski definition) is 20. The van der Waals surface area contributed by atoms with Crippen LogP contribution in [0.2, 0.25) is 0 Å². The molecule has 80 heavy (non-hydrogen) atoms. The maximum Gasteiger partial charge on any atom is 0.254 e. The van der Waals surface area contributed by atoms with E-state index in [0.29, 0.717) is 58.0 Å². The van der Waals surface area contributed by atoms with Crippen LogP contribution in [0, 0.1) is 18.7 Å². The highest BCUT2D eigenvalue weighted by Gasteiger charge is 2.45. The van der Waals surface area contributed by atoms with E-state index in [4.69, 9.17) is 29.2 Å². The summed E-state index contributed by atoms with van der Waals surface area (Å²) in [5.41, 5.74) is 12.2. The lowest BCUT2D eigenvalue weighted by Crippen LogP contribution is -2.54. The minimum Gasteiger partial charge on any atom is -0.507 e. The predicted octanol–water partition coefficient (Wildman–Crippen LogP) is 6.70. The number of phenolic OH excluding ortho intramolecular Hbond substituents is 1. The SMILES string of the molecule is COc1nc(-c2scnc2C)c(F)cc1[C@@H](C)NC(=O)[C@@H]1C[C@@H](O)CN1C(=O)[C@H](c1cc(OCCN2CCC(O[C@H]3C[C@H](Oc4cc(N5C6CCC5CN(c5cc(-c7ccccc7O)nnc5N)C6)ccn4)C3)CC2)no1)C(C)C. The molecule has 5 fully saturated rings. The van der Waals surface area contributed by atoms with Gasteiger partial charge in [-0.2, -0.15) is 0 Å². The van der Waals surface area contributed by atoms with Gasteiger partial charge >= 0.3 is 0 Å². The predicted molar refractivity (Wildman–Crippen MR) is 296 cm³/mol. The van der Waals surface area contributed by atoms with Crippen molar-refractivity contribution < 1.29 is 47.7 Å². The van der Waals surface area contributed by atoms with E-state index in [2.05, 4.69) is 62.5 Å². The number of anilines is 3. The van der Waals surface area contributed by atoms with Crippen molar-refractivity contribution in [2.75, 3.05) is 68.5 Å². The average molecular weight is 1120 g/mol. The number of pyridine rings is 2. The fourth-order valence-electron chi connectivity index (χ4n) is 12.1. The maximum absolute atomic E-state index is 15.5. The Morgan fingerprint density at radius 1 is 0.938 bits per heavy atom. The topological polar surface area (TPSA) is 253 Å². The molecule has 424 valence electrons. The van der Waals surface area contributed by atoms with E-state index < -0.39 is 35.8 Å². The molecule has 1 aliphatic carbocycles. The number of piperidine rings is 1. The summed E-state index contributed by atoms with van der Waals surface area (Å²) in [6, 6.07) is 14.9. The summed E-state index contributed by atoms with van der Waals surface area (Å²) in [6.07, 6.45) is 6.84. The number of rotatable bonds is 19.